The highest BCUT2D eigenvalue weighted by Crippen LogP contribution is 2.44. The Hall–Kier alpha value is -1.62. The SMILES string of the molecule is CC1(n2nnnc2-c2cc(N)cc(Cl)c2)CC1. The van der Waals surface area contributed by atoms with Gasteiger partial charge in [-0.25, -0.2) is 4.68 Å². The monoisotopic (exact) mass is 249 g/mol. The van der Waals surface area contributed by atoms with Crippen molar-refractivity contribution in [3.63, 3.8) is 0 Å². The average molecular weight is 250 g/mol. The normalized spacial score (nSPS) is 17.1. The fourth-order valence-electron chi connectivity index (χ4n) is 1.86. The number of hydrogen-bond acceptors (Lipinski definition) is 4. The Morgan fingerprint density at radius 1 is 1.35 bits per heavy atom. The van der Waals surface area contributed by atoms with E-state index in [2.05, 4.69) is 22.4 Å². The summed E-state index contributed by atoms with van der Waals surface area (Å²) in [5, 5.41) is 12.5. The van der Waals surface area contributed by atoms with E-state index >= 15 is 0 Å². The molecule has 1 aromatic heterocycles. The zero-order valence-electron chi connectivity index (χ0n) is 9.39. The van der Waals surface area contributed by atoms with Crippen LogP contribution in [0.4, 0.5) is 5.69 Å². The molecule has 2 aromatic rings. The van der Waals surface area contributed by atoms with Crippen LogP contribution in [-0.4, -0.2) is 20.2 Å². The highest BCUT2D eigenvalue weighted by Gasteiger charge is 2.42. The minimum absolute atomic E-state index is 0.0515. The van der Waals surface area contributed by atoms with Gasteiger partial charge in [-0.2, -0.15) is 0 Å². The molecule has 88 valence electrons. The number of halogens is 1. The van der Waals surface area contributed by atoms with Crippen molar-refractivity contribution < 1.29 is 0 Å². The first-order valence-corrected chi connectivity index (χ1v) is 5.82. The highest BCUT2D eigenvalue weighted by molar-refractivity contribution is 6.31. The van der Waals surface area contributed by atoms with E-state index in [0.29, 0.717) is 10.7 Å². The average Bonchev–Trinajstić information content (AvgIpc) is 2.81. The van der Waals surface area contributed by atoms with E-state index in [-0.39, 0.29) is 5.54 Å². The molecule has 0 radical (unpaired) electrons. The smallest absolute Gasteiger partial charge is 0.182 e. The maximum Gasteiger partial charge on any atom is 0.182 e. The third-order valence-corrected chi connectivity index (χ3v) is 3.35. The molecule has 0 spiro atoms. The summed E-state index contributed by atoms with van der Waals surface area (Å²) in [4.78, 5) is 0. The number of nitrogen functional groups attached to an aromatic ring is 1. The van der Waals surface area contributed by atoms with Crippen LogP contribution < -0.4 is 5.73 Å². The summed E-state index contributed by atoms with van der Waals surface area (Å²) in [6.07, 6.45) is 2.20. The van der Waals surface area contributed by atoms with Gasteiger partial charge < -0.3 is 5.73 Å². The zero-order valence-corrected chi connectivity index (χ0v) is 10.1. The van der Waals surface area contributed by atoms with Gasteiger partial charge >= 0.3 is 0 Å². The van der Waals surface area contributed by atoms with Crippen molar-refractivity contribution in [2.24, 2.45) is 0 Å². The maximum absolute atomic E-state index is 5.99. The molecule has 3 rings (SSSR count). The maximum atomic E-state index is 5.99. The largest absolute Gasteiger partial charge is 0.399 e. The summed E-state index contributed by atoms with van der Waals surface area (Å²) in [7, 11) is 0. The predicted octanol–water partition coefficient (Wildman–Crippen LogP) is 2.08. The van der Waals surface area contributed by atoms with Gasteiger partial charge in [0.1, 0.15) is 0 Å². The number of rotatable bonds is 2. The number of nitrogens with two attached hydrogens (primary N) is 1. The lowest BCUT2D eigenvalue weighted by Gasteiger charge is -2.11. The van der Waals surface area contributed by atoms with Gasteiger partial charge in [0.25, 0.3) is 0 Å². The van der Waals surface area contributed by atoms with Gasteiger partial charge in [-0.05, 0) is 48.4 Å². The first kappa shape index (κ1) is 10.5. The lowest BCUT2D eigenvalue weighted by Crippen LogP contribution is -2.15. The van der Waals surface area contributed by atoms with E-state index < -0.39 is 0 Å². The van der Waals surface area contributed by atoms with E-state index in [9.17, 15) is 0 Å². The van der Waals surface area contributed by atoms with Crippen molar-refractivity contribution in [1.82, 2.24) is 20.2 Å². The molecule has 5 nitrogen and oxygen atoms in total. The van der Waals surface area contributed by atoms with Crippen LogP contribution in [0.3, 0.4) is 0 Å². The van der Waals surface area contributed by atoms with Gasteiger partial charge in [0.05, 0.1) is 5.54 Å². The molecule has 1 heterocycles. The Balaban J connectivity index is 2.12. The van der Waals surface area contributed by atoms with Crippen LogP contribution in [0.1, 0.15) is 19.8 Å². The number of hydrogen-bond donors (Lipinski definition) is 1. The quantitative estimate of drug-likeness (QED) is 0.828. The molecule has 0 unspecified atom stereocenters. The van der Waals surface area contributed by atoms with Crippen molar-refractivity contribution in [2.45, 2.75) is 25.3 Å². The summed E-state index contributed by atoms with van der Waals surface area (Å²) in [5.41, 5.74) is 7.30. The molecule has 1 aliphatic rings. The molecule has 1 aromatic carbocycles. The summed E-state index contributed by atoms with van der Waals surface area (Å²) in [5.74, 6) is 0.721. The first-order chi connectivity index (χ1) is 8.08. The Kier molecular flexibility index (Phi) is 2.13. The van der Waals surface area contributed by atoms with Gasteiger partial charge in [-0.1, -0.05) is 11.6 Å². The molecule has 1 saturated carbocycles. The molecule has 0 bridgehead atoms. The molecular formula is C11H12ClN5. The lowest BCUT2D eigenvalue weighted by atomic mass is 10.2. The molecule has 1 aliphatic carbocycles. The summed E-state index contributed by atoms with van der Waals surface area (Å²) in [6, 6.07) is 5.36. The Morgan fingerprint density at radius 3 is 2.76 bits per heavy atom. The topological polar surface area (TPSA) is 69.6 Å². The van der Waals surface area contributed by atoms with Crippen molar-refractivity contribution >= 4 is 17.3 Å². The summed E-state index contributed by atoms with van der Waals surface area (Å²) < 4.78 is 1.86. The van der Waals surface area contributed by atoms with Gasteiger partial charge in [0, 0.05) is 16.3 Å². The number of nitrogens with zero attached hydrogens (tertiary/aromatic N) is 4. The minimum Gasteiger partial charge on any atom is -0.399 e. The van der Waals surface area contributed by atoms with Crippen LogP contribution >= 0.6 is 11.6 Å². The standard InChI is InChI=1S/C11H12ClN5/c1-11(2-3-11)17-10(14-15-16-17)7-4-8(12)6-9(13)5-7/h4-6H,2-3,13H2,1H3. The Morgan fingerprint density at radius 2 is 2.12 bits per heavy atom. The van der Waals surface area contributed by atoms with Crippen molar-refractivity contribution in [1.29, 1.82) is 0 Å². The van der Waals surface area contributed by atoms with Gasteiger partial charge in [0.2, 0.25) is 0 Å². The number of anilines is 1. The first-order valence-electron chi connectivity index (χ1n) is 5.44. The molecule has 2 N–H and O–H groups in total. The van der Waals surface area contributed by atoms with Gasteiger partial charge in [0.15, 0.2) is 5.82 Å². The van der Waals surface area contributed by atoms with Crippen LogP contribution in [0.5, 0.6) is 0 Å². The van der Waals surface area contributed by atoms with Gasteiger partial charge in [-0.15, -0.1) is 5.10 Å². The molecule has 0 amide bonds. The predicted molar refractivity (Wildman–Crippen MR) is 65.6 cm³/mol. The fraction of sp³-hybridized carbons (Fsp3) is 0.364. The Labute approximate surface area is 104 Å². The highest BCUT2D eigenvalue weighted by atomic mass is 35.5. The lowest BCUT2D eigenvalue weighted by molar-refractivity contribution is 0.463. The number of benzene rings is 1. The van der Waals surface area contributed by atoms with E-state index in [1.807, 2.05) is 16.8 Å². The fourth-order valence-corrected chi connectivity index (χ4v) is 2.11. The Bertz CT molecular complexity index is 553. The van der Waals surface area contributed by atoms with E-state index in [1.54, 1.807) is 6.07 Å². The second-order valence-electron chi connectivity index (χ2n) is 4.68. The molecule has 17 heavy (non-hydrogen) atoms. The van der Waals surface area contributed by atoms with E-state index in [4.69, 9.17) is 17.3 Å². The van der Waals surface area contributed by atoms with Crippen LogP contribution in [-0.2, 0) is 5.54 Å². The minimum atomic E-state index is 0.0515. The third kappa shape index (κ3) is 1.76. The number of tetrazole rings is 1. The molecular weight excluding hydrogens is 238 g/mol. The third-order valence-electron chi connectivity index (χ3n) is 3.13. The van der Waals surface area contributed by atoms with E-state index in [0.717, 1.165) is 24.2 Å². The van der Waals surface area contributed by atoms with Crippen molar-refractivity contribution in [3.05, 3.63) is 23.2 Å². The molecule has 1 fully saturated rings. The van der Waals surface area contributed by atoms with Crippen molar-refractivity contribution in [3.8, 4) is 11.4 Å². The number of aromatic nitrogens is 4. The zero-order chi connectivity index (χ0) is 12.0. The second-order valence-corrected chi connectivity index (χ2v) is 5.12. The molecule has 0 saturated heterocycles. The van der Waals surface area contributed by atoms with E-state index in [1.165, 1.54) is 0 Å². The molecule has 0 aliphatic heterocycles. The van der Waals surface area contributed by atoms with Crippen LogP contribution in [0, 0.1) is 0 Å². The van der Waals surface area contributed by atoms with Crippen LogP contribution in [0.15, 0.2) is 18.2 Å². The molecule has 6 heteroatoms. The van der Waals surface area contributed by atoms with Crippen LogP contribution in [0.25, 0.3) is 11.4 Å². The van der Waals surface area contributed by atoms with Gasteiger partial charge in [-0.3, -0.25) is 0 Å². The summed E-state index contributed by atoms with van der Waals surface area (Å²) >= 11 is 5.99. The molecule has 0 atom stereocenters. The second kappa shape index (κ2) is 3.43. The van der Waals surface area contributed by atoms with Crippen molar-refractivity contribution in [2.75, 3.05) is 5.73 Å². The summed E-state index contributed by atoms with van der Waals surface area (Å²) in [6.45, 7) is 2.14. The van der Waals surface area contributed by atoms with Crippen LogP contribution in [0.2, 0.25) is 5.02 Å².